The number of hydrogen-bond acceptors (Lipinski definition) is 6. The normalized spacial score (nSPS) is 14.5. The maximum Gasteiger partial charge on any atom is 0.274 e. The summed E-state index contributed by atoms with van der Waals surface area (Å²) in [7, 11) is 0. The zero-order valence-electron chi connectivity index (χ0n) is 16.9. The molecule has 6 nitrogen and oxygen atoms in total. The number of para-hydroxylation sites is 1. The lowest BCUT2D eigenvalue weighted by Gasteiger charge is -2.16. The Kier molecular flexibility index (Phi) is 5.74. The van der Waals surface area contributed by atoms with Crippen LogP contribution >= 0.6 is 23.1 Å². The van der Waals surface area contributed by atoms with E-state index >= 15 is 0 Å². The lowest BCUT2D eigenvalue weighted by Crippen LogP contribution is -2.30. The van der Waals surface area contributed by atoms with E-state index in [1.54, 1.807) is 16.0 Å². The fourth-order valence-corrected chi connectivity index (χ4v) is 5.97. The van der Waals surface area contributed by atoms with Gasteiger partial charge in [-0.05, 0) is 31.0 Å². The van der Waals surface area contributed by atoms with Crippen molar-refractivity contribution in [3.8, 4) is 0 Å². The molecule has 0 bridgehead atoms. The molecule has 2 aromatic carbocycles. The fourth-order valence-electron chi connectivity index (χ4n) is 4.07. The predicted octanol–water partition coefficient (Wildman–Crippen LogP) is 4.53. The Morgan fingerprint density at radius 2 is 1.84 bits per heavy atom. The van der Waals surface area contributed by atoms with Gasteiger partial charge in [-0.1, -0.05) is 54.9 Å². The summed E-state index contributed by atoms with van der Waals surface area (Å²) in [4.78, 5) is 30.0. The van der Waals surface area contributed by atoms with Crippen molar-refractivity contribution in [3.05, 3.63) is 64.6 Å². The van der Waals surface area contributed by atoms with Crippen molar-refractivity contribution in [2.75, 3.05) is 5.75 Å². The number of nitrogens with one attached hydrogen (secondary N) is 1. The highest BCUT2D eigenvalue weighted by Gasteiger charge is 2.21. The van der Waals surface area contributed by atoms with Crippen LogP contribution in [0.15, 0.2) is 57.7 Å². The van der Waals surface area contributed by atoms with Gasteiger partial charge in [-0.15, -0.1) is 11.3 Å². The van der Waals surface area contributed by atoms with Gasteiger partial charge < -0.3 is 5.32 Å². The number of fused-ring (bicyclic) bond motifs is 2. The van der Waals surface area contributed by atoms with Gasteiger partial charge in [0.2, 0.25) is 5.91 Å². The summed E-state index contributed by atoms with van der Waals surface area (Å²) in [5.74, 6) is 0.216. The number of carbonyl (C=O) groups excluding carboxylic acids is 1. The SMILES string of the molecule is O=C(CSc1nc2ccccc2s1)NCc1nn(C2CCCC2)c(=O)c2ccccc12. The van der Waals surface area contributed by atoms with Crippen molar-refractivity contribution in [2.45, 2.75) is 42.6 Å². The summed E-state index contributed by atoms with van der Waals surface area (Å²) in [6.07, 6.45) is 4.22. The summed E-state index contributed by atoms with van der Waals surface area (Å²) in [5, 5.41) is 9.12. The molecule has 0 unspecified atom stereocenters. The van der Waals surface area contributed by atoms with Crippen LogP contribution < -0.4 is 10.9 Å². The van der Waals surface area contributed by atoms with Crippen molar-refractivity contribution in [1.29, 1.82) is 0 Å². The van der Waals surface area contributed by atoms with Crippen LogP contribution in [-0.4, -0.2) is 26.4 Å². The standard InChI is InChI=1S/C23H22N4O2S2/c28-21(14-30-23-25-18-11-5-6-12-20(18)31-23)24-13-19-16-9-3-4-10-17(16)22(29)27(26-19)15-7-1-2-8-15/h3-6,9-12,15H,1-2,7-8,13-14H2,(H,24,28). The van der Waals surface area contributed by atoms with Crippen LogP contribution in [0.2, 0.25) is 0 Å². The van der Waals surface area contributed by atoms with Crippen molar-refractivity contribution in [1.82, 2.24) is 20.1 Å². The second kappa shape index (κ2) is 8.80. The summed E-state index contributed by atoms with van der Waals surface area (Å²) in [5.41, 5.74) is 1.66. The van der Waals surface area contributed by atoms with Gasteiger partial charge in [0.1, 0.15) is 0 Å². The zero-order chi connectivity index (χ0) is 21.2. The maximum atomic E-state index is 12.9. The molecule has 0 atom stereocenters. The maximum absolute atomic E-state index is 12.9. The molecule has 4 aromatic rings. The van der Waals surface area contributed by atoms with E-state index in [1.165, 1.54) is 11.8 Å². The molecule has 2 heterocycles. The van der Waals surface area contributed by atoms with Gasteiger partial charge in [0, 0.05) is 5.39 Å². The van der Waals surface area contributed by atoms with E-state index in [-0.39, 0.29) is 17.5 Å². The van der Waals surface area contributed by atoms with E-state index in [0.717, 1.165) is 51.3 Å². The summed E-state index contributed by atoms with van der Waals surface area (Å²) in [6.45, 7) is 0.298. The number of thioether (sulfide) groups is 1. The van der Waals surface area contributed by atoms with Crippen LogP contribution in [-0.2, 0) is 11.3 Å². The van der Waals surface area contributed by atoms with Crippen LogP contribution in [0.4, 0.5) is 0 Å². The average molecular weight is 451 g/mol. The Balaban J connectivity index is 1.31. The molecule has 0 radical (unpaired) electrons. The molecule has 1 fully saturated rings. The Hall–Kier alpha value is -2.71. The van der Waals surface area contributed by atoms with Crippen LogP contribution in [0, 0.1) is 0 Å². The zero-order valence-corrected chi connectivity index (χ0v) is 18.5. The van der Waals surface area contributed by atoms with E-state index < -0.39 is 0 Å². The number of hydrogen-bond donors (Lipinski definition) is 1. The van der Waals surface area contributed by atoms with Crippen LogP contribution in [0.5, 0.6) is 0 Å². The highest BCUT2D eigenvalue weighted by Crippen LogP contribution is 2.30. The minimum atomic E-state index is -0.0752. The molecule has 31 heavy (non-hydrogen) atoms. The number of nitrogens with zero attached hydrogens (tertiary/aromatic N) is 3. The minimum absolute atomic E-state index is 0.0380. The largest absolute Gasteiger partial charge is 0.350 e. The van der Waals surface area contributed by atoms with Gasteiger partial charge in [-0.25, -0.2) is 9.67 Å². The first-order valence-corrected chi connectivity index (χ1v) is 12.2. The molecule has 1 aliphatic rings. The number of rotatable bonds is 6. The van der Waals surface area contributed by atoms with Gasteiger partial charge >= 0.3 is 0 Å². The minimum Gasteiger partial charge on any atom is -0.350 e. The predicted molar refractivity (Wildman–Crippen MR) is 126 cm³/mol. The first kappa shape index (κ1) is 20.2. The van der Waals surface area contributed by atoms with Gasteiger partial charge in [0.05, 0.1) is 39.6 Å². The third kappa shape index (κ3) is 4.22. The highest BCUT2D eigenvalue weighted by molar-refractivity contribution is 8.01. The van der Waals surface area contributed by atoms with Crippen LogP contribution in [0.3, 0.4) is 0 Å². The molecular weight excluding hydrogens is 428 g/mol. The number of benzene rings is 2. The number of carbonyl (C=O) groups is 1. The molecule has 0 saturated heterocycles. The topological polar surface area (TPSA) is 76.9 Å². The molecular formula is C23H22N4O2S2. The van der Waals surface area contributed by atoms with Gasteiger partial charge in [0.25, 0.3) is 5.56 Å². The molecule has 1 amide bonds. The summed E-state index contributed by atoms with van der Waals surface area (Å²) < 4.78 is 3.65. The number of aromatic nitrogens is 3. The molecule has 1 saturated carbocycles. The Morgan fingerprint density at radius 3 is 2.65 bits per heavy atom. The number of thiazole rings is 1. The first-order valence-electron chi connectivity index (χ1n) is 10.4. The monoisotopic (exact) mass is 450 g/mol. The van der Waals surface area contributed by atoms with E-state index in [2.05, 4.69) is 15.4 Å². The van der Waals surface area contributed by atoms with Gasteiger partial charge in [0.15, 0.2) is 4.34 Å². The molecule has 158 valence electrons. The third-order valence-electron chi connectivity index (χ3n) is 5.63. The van der Waals surface area contributed by atoms with E-state index in [4.69, 9.17) is 0 Å². The van der Waals surface area contributed by atoms with Crippen LogP contribution in [0.1, 0.15) is 37.4 Å². The fraction of sp³-hybridized carbons (Fsp3) is 0.304. The molecule has 0 spiro atoms. The van der Waals surface area contributed by atoms with Crippen molar-refractivity contribution >= 4 is 50.0 Å². The molecule has 2 aromatic heterocycles. The van der Waals surface area contributed by atoms with Crippen molar-refractivity contribution < 1.29 is 4.79 Å². The smallest absolute Gasteiger partial charge is 0.274 e. The Morgan fingerprint density at radius 1 is 1.10 bits per heavy atom. The van der Waals surface area contributed by atoms with E-state index in [1.807, 2.05) is 48.5 Å². The Bertz CT molecular complexity index is 1270. The van der Waals surface area contributed by atoms with E-state index in [9.17, 15) is 9.59 Å². The van der Waals surface area contributed by atoms with E-state index in [0.29, 0.717) is 17.7 Å². The summed E-state index contributed by atoms with van der Waals surface area (Å²) in [6, 6.07) is 15.6. The number of amides is 1. The second-order valence-corrected chi connectivity index (χ2v) is 9.95. The molecule has 0 aliphatic heterocycles. The second-order valence-electron chi connectivity index (χ2n) is 7.69. The van der Waals surface area contributed by atoms with Gasteiger partial charge in [-0.2, -0.15) is 5.10 Å². The molecule has 8 heteroatoms. The Labute approximate surface area is 187 Å². The van der Waals surface area contributed by atoms with Crippen LogP contribution in [0.25, 0.3) is 21.0 Å². The average Bonchev–Trinajstić information content (AvgIpc) is 3.47. The lowest BCUT2D eigenvalue weighted by molar-refractivity contribution is -0.118. The molecule has 5 rings (SSSR count). The van der Waals surface area contributed by atoms with Crippen molar-refractivity contribution in [2.24, 2.45) is 0 Å². The van der Waals surface area contributed by atoms with Gasteiger partial charge in [-0.3, -0.25) is 9.59 Å². The van der Waals surface area contributed by atoms with Crippen molar-refractivity contribution in [3.63, 3.8) is 0 Å². The first-order chi connectivity index (χ1) is 15.2. The lowest BCUT2D eigenvalue weighted by atomic mass is 10.1. The third-order valence-corrected chi connectivity index (χ3v) is 7.81. The molecule has 1 aliphatic carbocycles. The molecule has 1 N–H and O–H groups in total. The summed E-state index contributed by atoms with van der Waals surface area (Å²) >= 11 is 3.03. The quantitative estimate of drug-likeness (QED) is 0.437. The highest BCUT2D eigenvalue weighted by atomic mass is 32.2.